The third-order valence-electron chi connectivity index (χ3n) is 4.58. The van der Waals surface area contributed by atoms with Crippen LogP contribution >= 0.6 is 11.8 Å². The molecule has 2 atom stereocenters. The molecule has 0 spiro atoms. The van der Waals surface area contributed by atoms with Gasteiger partial charge >= 0.3 is 0 Å². The standard InChI is InChI=1S/C22H20O4S/c1-24-17-9-6-14(7-10-17)21-22(15-4-3-5-18(12-15)25-2)27-20-13-16(23)8-11-19(20)26-21/h3-13,21-23H,1-2H3/t21-,22+/m0/s1. The summed E-state index contributed by atoms with van der Waals surface area (Å²) in [5.41, 5.74) is 2.17. The highest BCUT2D eigenvalue weighted by Gasteiger charge is 2.33. The number of rotatable bonds is 4. The van der Waals surface area contributed by atoms with E-state index in [2.05, 4.69) is 6.07 Å². The number of ether oxygens (including phenoxy) is 3. The zero-order valence-electron chi connectivity index (χ0n) is 15.1. The maximum atomic E-state index is 9.87. The second-order valence-electron chi connectivity index (χ2n) is 6.26. The zero-order valence-corrected chi connectivity index (χ0v) is 15.9. The summed E-state index contributed by atoms with van der Waals surface area (Å²) in [5.74, 6) is 2.63. The molecular formula is C22H20O4S. The fraction of sp³-hybridized carbons (Fsp3) is 0.182. The van der Waals surface area contributed by atoms with E-state index < -0.39 is 0 Å². The minimum atomic E-state index is -0.176. The van der Waals surface area contributed by atoms with Crippen molar-refractivity contribution in [3.8, 4) is 23.0 Å². The number of thioether (sulfide) groups is 1. The smallest absolute Gasteiger partial charge is 0.140 e. The fourth-order valence-corrected chi connectivity index (χ4v) is 4.49. The predicted octanol–water partition coefficient (Wildman–Crippen LogP) is 5.38. The van der Waals surface area contributed by atoms with Gasteiger partial charge in [0.25, 0.3) is 0 Å². The summed E-state index contributed by atoms with van der Waals surface area (Å²) < 4.78 is 17.0. The fourth-order valence-electron chi connectivity index (χ4n) is 3.18. The highest BCUT2D eigenvalue weighted by atomic mass is 32.2. The minimum Gasteiger partial charge on any atom is -0.508 e. The second kappa shape index (κ2) is 7.45. The van der Waals surface area contributed by atoms with Gasteiger partial charge in [0.2, 0.25) is 0 Å². The van der Waals surface area contributed by atoms with Crippen molar-refractivity contribution in [2.24, 2.45) is 0 Å². The number of methoxy groups -OCH3 is 2. The highest BCUT2D eigenvalue weighted by Crippen LogP contribution is 2.54. The van der Waals surface area contributed by atoms with Gasteiger partial charge in [0.05, 0.1) is 24.4 Å². The zero-order chi connectivity index (χ0) is 18.8. The number of phenols is 1. The normalized spacial score (nSPS) is 18.3. The predicted molar refractivity (Wildman–Crippen MR) is 106 cm³/mol. The molecule has 1 N–H and O–H groups in total. The van der Waals surface area contributed by atoms with Crippen molar-refractivity contribution >= 4 is 11.8 Å². The van der Waals surface area contributed by atoms with Crippen molar-refractivity contribution in [1.29, 1.82) is 0 Å². The van der Waals surface area contributed by atoms with Gasteiger partial charge < -0.3 is 19.3 Å². The van der Waals surface area contributed by atoms with Gasteiger partial charge in [-0.15, -0.1) is 11.8 Å². The van der Waals surface area contributed by atoms with Crippen LogP contribution in [0.2, 0.25) is 0 Å². The van der Waals surface area contributed by atoms with E-state index in [1.807, 2.05) is 48.5 Å². The summed E-state index contributed by atoms with van der Waals surface area (Å²) in [5, 5.41) is 9.88. The van der Waals surface area contributed by atoms with E-state index in [9.17, 15) is 5.11 Å². The summed E-state index contributed by atoms with van der Waals surface area (Å²) in [7, 11) is 3.32. The van der Waals surface area contributed by atoms with E-state index in [0.29, 0.717) is 0 Å². The van der Waals surface area contributed by atoms with Crippen molar-refractivity contribution in [3.63, 3.8) is 0 Å². The average Bonchev–Trinajstić information content (AvgIpc) is 2.73. The molecule has 27 heavy (non-hydrogen) atoms. The SMILES string of the molecule is COc1ccc([C@@H]2Oc3ccc(O)cc3S[C@@H]2c2cccc(OC)c2)cc1. The summed E-state index contributed by atoms with van der Waals surface area (Å²) in [6.45, 7) is 0. The van der Waals surface area contributed by atoms with E-state index >= 15 is 0 Å². The van der Waals surface area contributed by atoms with Gasteiger partial charge in [0, 0.05) is 0 Å². The molecule has 0 unspecified atom stereocenters. The molecule has 0 bridgehead atoms. The van der Waals surface area contributed by atoms with Crippen LogP contribution in [0.1, 0.15) is 22.5 Å². The molecule has 4 nitrogen and oxygen atoms in total. The van der Waals surface area contributed by atoms with Crippen molar-refractivity contribution in [3.05, 3.63) is 77.9 Å². The van der Waals surface area contributed by atoms with Crippen molar-refractivity contribution < 1.29 is 19.3 Å². The third-order valence-corrected chi connectivity index (χ3v) is 5.92. The number of benzene rings is 3. The van der Waals surface area contributed by atoms with Gasteiger partial charge in [-0.25, -0.2) is 0 Å². The molecule has 0 saturated heterocycles. The number of phenolic OH excluding ortho intramolecular Hbond substituents is 1. The Labute approximate surface area is 162 Å². The first-order valence-electron chi connectivity index (χ1n) is 8.62. The van der Waals surface area contributed by atoms with Crippen LogP contribution in [0.4, 0.5) is 0 Å². The van der Waals surface area contributed by atoms with E-state index in [1.165, 1.54) is 0 Å². The first-order valence-corrected chi connectivity index (χ1v) is 9.50. The van der Waals surface area contributed by atoms with Gasteiger partial charge in [-0.2, -0.15) is 0 Å². The van der Waals surface area contributed by atoms with Crippen LogP contribution in [0.3, 0.4) is 0 Å². The molecular weight excluding hydrogens is 360 g/mol. The van der Waals surface area contributed by atoms with E-state index in [0.717, 1.165) is 33.3 Å². The van der Waals surface area contributed by atoms with Crippen LogP contribution < -0.4 is 14.2 Å². The molecule has 0 radical (unpaired) electrons. The lowest BCUT2D eigenvalue weighted by Gasteiger charge is -2.34. The molecule has 0 fully saturated rings. The summed E-state index contributed by atoms with van der Waals surface area (Å²) in [6.07, 6.45) is -0.176. The lowest BCUT2D eigenvalue weighted by atomic mass is 9.99. The van der Waals surface area contributed by atoms with E-state index in [-0.39, 0.29) is 17.1 Å². The molecule has 1 aliphatic rings. The Morgan fingerprint density at radius 1 is 0.852 bits per heavy atom. The van der Waals surface area contributed by atoms with Gasteiger partial charge in [-0.05, 0) is 53.6 Å². The maximum Gasteiger partial charge on any atom is 0.140 e. The topological polar surface area (TPSA) is 47.9 Å². The lowest BCUT2D eigenvalue weighted by Crippen LogP contribution is -2.19. The van der Waals surface area contributed by atoms with Crippen molar-refractivity contribution in [1.82, 2.24) is 0 Å². The van der Waals surface area contributed by atoms with Crippen LogP contribution in [0.15, 0.2) is 71.6 Å². The number of hydrogen-bond acceptors (Lipinski definition) is 5. The Hall–Kier alpha value is -2.79. The first kappa shape index (κ1) is 17.6. The van der Waals surface area contributed by atoms with Crippen molar-refractivity contribution in [2.45, 2.75) is 16.2 Å². The van der Waals surface area contributed by atoms with Crippen molar-refractivity contribution in [2.75, 3.05) is 14.2 Å². The quantitative estimate of drug-likeness (QED) is 0.659. The van der Waals surface area contributed by atoms with Gasteiger partial charge in [0.15, 0.2) is 0 Å². The average molecular weight is 380 g/mol. The molecule has 138 valence electrons. The highest BCUT2D eigenvalue weighted by molar-refractivity contribution is 7.99. The Balaban J connectivity index is 1.77. The van der Waals surface area contributed by atoms with E-state index in [1.54, 1.807) is 38.1 Å². The van der Waals surface area contributed by atoms with Gasteiger partial charge in [-0.1, -0.05) is 24.3 Å². The monoisotopic (exact) mass is 380 g/mol. The Bertz CT molecular complexity index is 939. The minimum absolute atomic E-state index is 0.0165. The number of fused-ring (bicyclic) bond motifs is 1. The molecule has 0 saturated carbocycles. The Morgan fingerprint density at radius 2 is 1.63 bits per heavy atom. The molecule has 5 heteroatoms. The van der Waals surface area contributed by atoms with Crippen LogP contribution in [-0.2, 0) is 0 Å². The molecule has 3 aromatic rings. The molecule has 0 aromatic heterocycles. The van der Waals surface area contributed by atoms with Crippen LogP contribution in [0, 0.1) is 0 Å². The number of hydrogen-bond donors (Lipinski definition) is 1. The molecule has 0 amide bonds. The van der Waals surface area contributed by atoms with E-state index in [4.69, 9.17) is 14.2 Å². The van der Waals surface area contributed by atoms with Gasteiger partial charge in [0.1, 0.15) is 29.1 Å². The molecule has 1 aliphatic heterocycles. The van der Waals surface area contributed by atoms with Gasteiger partial charge in [-0.3, -0.25) is 0 Å². The third kappa shape index (κ3) is 3.55. The second-order valence-corrected chi connectivity index (χ2v) is 7.44. The maximum absolute atomic E-state index is 9.87. The summed E-state index contributed by atoms with van der Waals surface area (Å²) >= 11 is 1.68. The first-order chi connectivity index (χ1) is 13.2. The summed E-state index contributed by atoms with van der Waals surface area (Å²) in [4.78, 5) is 0.924. The van der Waals surface area contributed by atoms with Crippen LogP contribution in [0.25, 0.3) is 0 Å². The van der Waals surface area contributed by atoms with Crippen LogP contribution in [0.5, 0.6) is 23.0 Å². The molecule has 4 rings (SSSR count). The molecule has 3 aromatic carbocycles. The van der Waals surface area contributed by atoms with Crippen LogP contribution in [-0.4, -0.2) is 19.3 Å². The lowest BCUT2D eigenvalue weighted by molar-refractivity contribution is 0.190. The Kier molecular flexibility index (Phi) is 4.86. The summed E-state index contributed by atoms with van der Waals surface area (Å²) in [6, 6.07) is 21.2. The largest absolute Gasteiger partial charge is 0.508 e. The number of aromatic hydroxyl groups is 1. The molecule has 1 heterocycles. The molecule has 0 aliphatic carbocycles. The Morgan fingerprint density at radius 3 is 2.37 bits per heavy atom.